The topological polar surface area (TPSA) is 102 Å². The first-order chi connectivity index (χ1) is 11.1. The molecule has 1 heterocycles. The van der Waals surface area contributed by atoms with Crippen molar-refractivity contribution in [1.82, 2.24) is 10.2 Å². The maximum absolute atomic E-state index is 13.5. The van der Waals surface area contributed by atoms with E-state index < -0.39 is 41.2 Å². The van der Waals surface area contributed by atoms with Crippen molar-refractivity contribution in [1.29, 1.82) is 0 Å². The van der Waals surface area contributed by atoms with E-state index in [1.807, 2.05) is 0 Å². The molecular weight excluding hydrogens is 344 g/mol. The number of halogens is 2. The molecule has 2 amide bonds. The number of rotatable bonds is 3. The van der Waals surface area contributed by atoms with E-state index in [9.17, 15) is 22.0 Å². The molecule has 0 saturated carbocycles. The van der Waals surface area contributed by atoms with Gasteiger partial charge < -0.3 is 15.0 Å². The third-order valence-electron chi connectivity index (χ3n) is 3.55. The monoisotopic (exact) mass is 363 g/mol. The van der Waals surface area contributed by atoms with Gasteiger partial charge in [-0.15, -0.1) is 0 Å². The highest BCUT2D eigenvalue weighted by atomic mass is 32.2. The Balaban J connectivity index is 2.08. The largest absolute Gasteiger partial charge is 0.373 e. The second-order valence-corrected chi connectivity index (χ2v) is 7.18. The number of carbonyl (C=O) groups is 1. The van der Waals surface area contributed by atoms with Crippen LogP contribution in [0.3, 0.4) is 0 Å². The summed E-state index contributed by atoms with van der Waals surface area (Å²) >= 11 is 0. The van der Waals surface area contributed by atoms with Crippen LogP contribution < -0.4 is 10.5 Å². The normalized spacial score (nSPS) is 19.4. The zero-order valence-electron chi connectivity index (χ0n) is 13.0. The number of amides is 2. The Bertz CT molecular complexity index is 712. The molecule has 1 aliphatic rings. The highest BCUT2D eigenvalue weighted by Crippen LogP contribution is 2.20. The lowest BCUT2D eigenvalue weighted by Gasteiger charge is -2.25. The fourth-order valence-corrected chi connectivity index (χ4v) is 2.86. The predicted octanol–water partition coefficient (Wildman–Crippen LogP) is 1.07. The SMILES string of the molecule is CC(NC(=O)N1CCOCC(F)(F)C1)c1cccc(S(N)(=O)=O)c1. The molecule has 0 spiro atoms. The second-order valence-electron chi connectivity index (χ2n) is 5.62. The lowest BCUT2D eigenvalue weighted by Crippen LogP contribution is -2.46. The molecule has 24 heavy (non-hydrogen) atoms. The lowest BCUT2D eigenvalue weighted by molar-refractivity contribution is -0.0652. The van der Waals surface area contributed by atoms with Gasteiger partial charge in [-0.25, -0.2) is 27.1 Å². The fraction of sp³-hybridized carbons (Fsp3) is 0.500. The highest BCUT2D eigenvalue weighted by molar-refractivity contribution is 7.89. The van der Waals surface area contributed by atoms with Gasteiger partial charge in [-0.2, -0.15) is 0 Å². The van der Waals surface area contributed by atoms with Gasteiger partial charge >= 0.3 is 6.03 Å². The van der Waals surface area contributed by atoms with Gasteiger partial charge in [-0.3, -0.25) is 0 Å². The van der Waals surface area contributed by atoms with Crippen molar-refractivity contribution >= 4 is 16.1 Å². The standard InChI is InChI=1S/C14H19F2N3O4S/c1-10(11-3-2-4-12(7-11)24(17,21)22)18-13(20)19-5-6-23-9-14(15,16)8-19/h2-4,7,10H,5-6,8-9H2,1H3,(H,18,20)(H2,17,21,22). The van der Waals surface area contributed by atoms with E-state index >= 15 is 0 Å². The third-order valence-corrected chi connectivity index (χ3v) is 4.47. The number of benzene rings is 1. The molecule has 3 N–H and O–H groups in total. The number of ether oxygens (including phenoxy) is 1. The quantitative estimate of drug-likeness (QED) is 0.839. The van der Waals surface area contributed by atoms with Crippen molar-refractivity contribution < 1.29 is 26.7 Å². The zero-order valence-corrected chi connectivity index (χ0v) is 13.9. The minimum atomic E-state index is -3.87. The average molecular weight is 363 g/mol. The van der Waals surface area contributed by atoms with E-state index in [4.69, 9.17) is 9.88 Å². The summed E-state index contributed by atoms with van der Waals surface area (Å²) in [6.45, 7) is 0.238. The molecule has 1 saturated heterocycles. The molecule has 0 radical (unpaired) electrons. The number of nitrogens with one attached hydrogen (secondary N) is 1. The Labute approximate surface area is 138 Å². The van der Waals surface area contributed by atoms with Gasteiger partial charge in [0, 0.05) is 6.54 Å². The number of hydrogen-bond acceptors (Lipinski definition) is 4. The van der Waals surface area contributed by atoms with Crippen molar-refractivity contribution in [3.63, 3.8) is 0 Å². The van der Waals surface area contributed by atoms with E-state index in [1.165, 1.54) is 18.2 Å². The first-order valence-electron chi connectivity index (χ1n) is 7.22. The first-order valence-corrected chi connectivity index (χ1v) is 8.77. The molecule has 7 nitrogen and oxygen atoms in total. The third kappa shape index (κ3) is 4.86. The van der Waals surface area contributed by atoms with Gasteiger partial charge in [0.25, 0.3) is 5.92 Å². The molecule has 1 fully saturated rings. The van der Waals surface area contributed by atoms with E-state index in [1.54, 1.807) is 13.0 Å². The molecule has 1 aliphatic heterocycles. The Morgan fingerprint density at radius 2 is 2.17 bits per heavy atom. The molecule has 0 bridgehead atoms. The Morgan fingerprint density at radius 3 is 2.83 bits per heavy atom. The summed E-state index contributed by atoms with van der Waals surface area (Å²) in [5, 5.41) is 7.64. The fourth-order valence-electron chi connectivity index (χ4n) is 2.29. The van der Waals surface area contributed by atoms with Crippen LogP contribution in [0.4, 0.5) is 13.6 Å². The second kappa shape index (κ2) is 6.99. The molecule has 1 aromatic carbocycles. The number of nitrogens with two attached hydrogens (primary N) is 1. The van der Waals surface area contributed by atoms with Crippen molar-refractivity contribution in [2.75, 3.05) is 26.3 Å². The van der Waals surface area contributed by atoms with E-state index in [-0.39, 0.29) is 18.0 Å². The van der Waals surface area contributed by atoms with Crippen molar-refractivity contribution in [3.8, 4) is 0 Å². The zero-order chi connectivity index (χ0) is 18.0. The van der Waals surface area contributed by atoms with Gasteiger partial charge in [0.1, 0.15) is 6.61 Å². The minimum absolute atomic E-state index is 0.0261. The molecule has 0 aliphatic carbocycles. The first kappa shape index (κ1) is 18.6. The minimum Gasteiger partial charge on any atom is -0.373 e. The molecule has 1 atom stereocenters. The van der Waals surface area contributed by atoms with E-state index in [0.717, 1.165) is 4.90 Å². The van der Waals surface area contributed by atoms with E-state index in [2.05, 4.69) is 5.32 Å². The van der Waals surface area contributed by atoms with Gasteiger partial charge in [-0.05, 0) is 24.6 Å². The number of hydrogen-bond donors (Lipinski definition) is 2. The van der Waals surface area contributed by atoms with Crippen LogP contribution in [-0.4, -0.2) is 51.6 Å². The maximum atomic E-state index is 13.5. The predicted molar refractivity (Wildman–Crippen MR) is 82.1 cm³/mol. The van der Waals surface area contributed by atoms with Crippen LogP contribution in [0.1, 0.15) is 18.5 Å². The summed E-state index contributed by atoms with van der Waals surface area (Å²) in [5.41, 5.74) is 0.493. The average Bonchev–Trinajstić information content (AvgIpc) is 2.67. The summed E-state index contributed by atoms with van der Waals surface area (Å²) in [6.07, 6.45) is 0. The van der Waals surface area contributed by atoms with Crippen molar-refractivity contribution in [2.45, 2.75) is 23.8 Å². The van der Waals surface area contributed by atoms with Crippen LogP contribution in [0.15, 0.2) is 29.2 Å². The molecule has 0 aromatic heterocycles. The van der Waals surface area contributed by atoms with Crippen LogP contribution in [0, 0.1) is 0 Å². The Kier molecular flexibility index (Phi) is 5.41. The summed E-state index contributed by atoms with van der Waals surface area (Å²) in [6, 6.07) is 4.51. The Hall–Kier alpha value is -1.78. The summed E-state index contributed by atoms with van der Waals surface area (Å²) < 4.78 is 54.5. The molecule has 1 aromatic rings. The number of alkyl halides is 2. The van der Waals surface area contributed by atoms with Crippen LogP contribution in [0.5, 0.6) is 0 Å². The van der Waals surface area contributed by atoms with Crippen molar-refractivity contribution in [2.24, 2.45) is 5.14 Å². The lowest BCUT2D eigenvalue weighted by atomic mass is 10.1. The van der Waals surface area contributed by atoms with Crippen LogP contribution in [-0.2, 0) is 14.8 Å². The van der Waals surface area contributed by atoms with E-state index in [0.29, 0.717) is 5.56 Å². The van der Waals surface area contributed by atoms with Gasteiger partial charge in [-0.1, -0.05) is 12.1 Å². The smallest absolute Gasteiger partial charge is 0.318 e. The molecule has 2 rings (SSSR count). The Morgan fingerprint density at radius 1 is 1.46 bits per heavy atom. The van der Waals surface area contributed by atoms with Crippen LogP contribution in [0.2, 0.25) is 0 Å². The molecule has 10 heteroatoms. The number of carbonyl (C=O) groups excluding carboxylic acids is 1. The highest BCUT2D eigenvalue weighted by Gasteiger charge is 2.36. The number of sulfonamides is 1. The molecule has 1 unspecified atom stereocenters. The summed E-state index contributed by atoms with van der Waals surface area (Å²) in [4.78, 5) is 13.1. The van der Waals surface area contributed by atoms with Gasteiger partial charge in [0.2, 0.25) is 10.0 Å². The van der Waals surface area contributed by atoms with Crippen LogP contribution in [0.25, 0.3) is 0 Å². The molecule has 134 valence electrons. The molecular formula is C14H19F2N3O4S. The number of urea groups is 1. The maximum Gasteiger partial charge on any atom is 0.318 e. The van der Waals surface area contributed by atoms with Crippen LogP contribution >= 0.6 is 0 Å². The summed E-state index contributed by atoms with van der Waals surface area (Å²) in [7, 11) is -3.87. The van der Waals surface area contributed by atoms with Crippen molar-refractivity contribution in [3.05, 3.63) is 29.8 Å². The number of primary sulfonamides is 1. The summed E-state index contributed by atoms with van der Waals surface area (Å²) in [5.74, 6) is -3.11. The van der Waals surface area contributed by atoms with Gasteiger partial charge in [0.15, 0.2) is 0 Å². The van der Waals surface area contributed by atoms with Gasteiger partial charge in [0.05, 0.1) is 24.1 Å². The number of nitrogens with zero attached hydrogens (tertiary/aromatic N) is 1.